The van der Waals surface area contributed by atoms with Crippen LogP contribution in [0.25, 0.3) is 0 Å². The van der Waals surface area contributed by atoms with E-state index in [0.717, 1.165) is 18.6 Å². The molecule has 0 spiro atoms. The van der Waals surface area contributed by atoms with Gasteiger partial charge < -0.3 is 24.5 Å². The summed E-state index contributed by atoms with van der Waals surface area (Å²) in [6, 6.07) is 4.14. The summed E-state index contributed by atoms with van der Waals surface area (Å²) in [4.78, 5) is 11.6. The van der Waals surface area contributed by atoms with Crippen LogP contribution in [0.3, 0.4) is 0 Å². The molecule has 0 fully saturated rings. The van der Waals surface area contributed by atoms with E-state index in [2.05, 4.69) is 17.6 Å². The van der Waals surface area contributed by atoms with Crippen molar-refractivity contribution in [1.82, 2.24) is 10.6 Å². The smallest absolute Gasteiger partial charge is 0.407 e. The standard InChI is InChI=1S/C17H30N2O4/c1-13(15-9-7-11-22-15)19-14(12-21-5)8-6-10-18-16(20)23-17(2,3)4/h7,9,11,13-14,19H,6,8,10,12H2,1-5H3,(H,18,20)/t13-,14?/m0/s1. The van der Waals surface area contributed by atoms with Gasteiger partial charge >= 0.3 is 6.09 Å². The highest BCUT2D eigenvalue weighted by atomic mass is 16.6. The van der Waals surface area contributed by atoms with Crippen molar-refractivity contribution in [2.75, 3.05) is 20.3 Å². The van der Waals surface area contributed by atoms with Crippen molar-refractivity contribution in [3.63, 3.8) is 0 Å². The van der Waals surface area contributed by atoms with Crippen molar-refractivity contribution in [1.29, 1.82) is 0 Å². The van der Waals surface area contributed by atoms with Gasteiger partial charge in [0.2, 0.25) is 0 Å². The van der Waals surface area contributed by atoms with E-state index in [4.69, 9.17) is 13.9 Å². The first kappa shape index (κ1) is 19.5. The molecule has 23 heavy (non-hydrogen) atoms. The van der Waals surface area contributed by atoms with Crippen molar-refractivity contribution in [2.45, 2.75) is 58.2 Å². The van der Waals surface area contributed by atoms with Gasteiger partial charge in [-0.05, 0) is 52.7 Å². The van der Waals surface area contributed by atoms with E-state index in [-0.39, 0.29) is 18.2 Å². The second-order valence-corrected chi connectivity index (χ2v) is 6.63. The maximum Gasteiger partial charge on any atom is 0.407 e. The third-order valence-electron chi connectivity index (χ3n) is 3.22. The molecular formula is C17H30N2O4. The summed E-state index contributed by atoms with van der Waals surface area (Å²) in [5.74, 6) is 0.901. The molecule has 0 bridgehead atoms. The maximum atomic E-state index is 11.6. The van der Waals surface area contributed by atoms with Crippen LogP contribution in [-0.2, 0) is 9.47 Å². The van der Waals surface area contributed by atoms with E-state index >= 15 is 0 Å². The summed E-state index contributed by atoms with van der Waals surface area (Å²) in [6.45, 7) is 8.79. The highest BCUT2D eigenvalue weighted by molar-refractivity contribution is 5.67. The molecule has 2 N–H and O–H groups in total. The first-order chi connectivity index (χ1) is 10.8. The Kier molecular flexibility index (Phi) is 8.12. The van der Waals surface area contributed by atoms with Crippen LogP contribution in [0.15, 0.2) is 22.8 Å². The molecule has 132 valence electrons. The maximum absolute atomic E-state index is 11.6. The minimum Gasteiger partial charge on any atom is -0.468 e. The van der Waals surface area contributed by atoms with Gasteiger partial charge in [-0.3, -0.25) is 0 Å². The number of carbonyl (C=O) groups excluding carboxylic acids is 1. The number of alkyl carbamates (subject to hydrolysis) is 1. The van der Waals surface area contributed by atoms with E-state index in [1.807, 2.05) is 32.9 Å². The molecule has 0 saturated carbocycles. The van der Waals surface area contributed by atoms with Gasteiger partial charge in [-0.15, -0.1) is 0 Å². The zero-order valence-corrected chi connectivity index (χ0v) is 14.8. The van der Waals surface area contributed by atoms with Crippen LogP contribution in [0, 0.1) is 0 Å². The molecule has 1 amide bonds. The average Bonchev–Trinajstić information content (AvgIpc) is 2.95. The molecule has 2 atom stereocenters. The van der Waals surface area contributed by atoms with Gasteiger partial charge in [0, 0.05) is 19.7 Å². The Labute approximate surface area is 138 Å². The molecule has 0 aliphatic heterocycles. The number of carbonyl (C=O) groups is 1. The number of nitrogens with one attached hydrogen (secondary N) is 2. The van der Waals surface area contributed by atoms with E-state index in [9.17, 15) is 4.79 Å². The zero-order valence-electron chi connectivity index (χ0n) is 14.8. The second-order valence-electron chi connectivity index (χ2n) is 6.63. The fourth-order valence-corrected chi connectivity index (χ4v) is 2.24. The predicted octanol–water partition coefficient (Wildman–Crippen LogP) is 3.25. The van der Waals surface area contributed by atoms with Gasteiger partial charge in [0.15, 0.2) is 0 Å². The lowest BCUT2D eigenvalue weighted by atomic mass is 10.1. The number of methoxy groups -OCH3 is 1. The average molecular weight is 326 g/mol. The number of amides is 1. The molecular weight excluding hydrogens is 296 g/mol. The number of hydrogen-bond acceptors (Lipinski definition) is 5. The van der Waals surface area contributed by atoms with Crippen LogP contribution in [0.2, 0.25) is 0 Å². The first-order valence-corrected chi connectivity index (χ1v) is 8.07. The van der Waals surface area contributed by atoms with E-state index in [1.165, 1.54) is 0 Å². The van der Waals surface area contributed by atoms with Crippen LogP contribution >= 0.6 is 0 Å². The molecule has 0 aliphatic rings. The molecule has 6 heteroatoms. The van der Waals surface area contributed by atoms with Gasteiger partial charge in [-0.25, -0.2) is 4.79 Å². The summed E-state index contributed by atoms with van der Waals surface area (Å²) >= 11 is 0. The topological polar surface area (TPSA) is 72.7 Å². The Morgan fingerprint density at radius 1 is 1.39 bits per heavy atom. The zero-order chi connectivity index (χ0) is 17.3. The van der Waals surface area contributed by atoms with Crippen LogP contribution < -0.4 is 10.6 Å². The minimum absolute atomic E-state index is 0.115. The van der Waals surface area contributed by atoms with E-state index in [1.54, 1.807) is 13.4 Å². The molecule has 1 aromatic rings. The Morgan fingerprint density at radius 3 is 2.70 bits per heavy atom. The number of ether oxygens (including phenoxy) is 2. The van der Waals surface area contributed by atoms with E-state index in [0.29, 0.717) is 13.2 Å². The highest BCUT2D eigenvalue weighted by Crippen LogP contribution is 2.14. The third-order valence-corrected chi connectivity index (χ3v) is 3.22. The third kappa shape index (κ3) is 8.62. The minimum atomic E-state index is -0.470. The van der Waals surface area contributed by atoms with Crippen LogP contribution in [-0.4, -0.2) is 38.0 Å². The molecule has 1 rings (SSSR count). The van der Waals surface area contributed by atoms with Crippen molar-refractivity contribution in [3.05, 3.63) is 24.2 Å². The molecule has 0 saturated heterocycles. The Morgan fingerprint density at radius 2 is 2.13 bits per heavy atom. The Balaban J connectivity index is 2.29. The summed E-state index contributed by atoms with van der Waals surface area (Å²) in [5, 5.41) is 6.25. The molecule has 1 heterocycles. The van der Waals surface area contributed by atoms with Gasteiger partial charge in [0.05, 0.1) is 18.9 Å². The lowest BCUT2D eigenvalue weighted by molar-refractivity contribution is 0.0526. The SMILES string of the molecule is COCC(CCCNC(=O)OC(C)(C)C)N[C@@H](C)c1ccco1. The van der Waals surface area contributed by atoms with Crippen LogP contribution in [0.5, 0.6) is 0 Å². The molecule has 6 nitrogen and oxygen atoms in total. The van der Waals surface area contributed by atoms with Crippen LogP contribution in [0.1, 0.15) is 52.3 Å². The van der Waals surface area contributed by atoms with Gasteiger partial charge in [-0.2, -0.15) is 0 Å². The lowest BCUT2D eigenvalue weighted by Crippen LogP contribution is -2.37. The molecule has 0 aromatic carbocycles. The summed E-state index contributed by atoms with van der Waals surface area (Å²) in [6.07, 6.45) is 3.02. The van der Waals surface area contributed by atoms with Crippen molar-refractivity contribution in [2.24, 2.45) is 0 Å². The summed E-state index contributed by atoms with van der Waals surface area (Å²) in [5.41, 5.74) is -0.470. The number of rotatable bonds is 9. The van der Waals surface area contributed by atoms with Gasteiger partial charge in [0.25, 0.3) is 0 Å². The van der Waals surface area contributed by atoms with Crippen molar-refractivity contribution in [3.8, 4) is 0 Å². The highest BCUT2D eigenvalue weighted by Gasteiger charge is 2.17. The summed E-state index contributed by atoms with van der Waals surface area (Å²) < 4.78 is 15.9. The van der Waals surface area contributed by atoms with Gasteiger partial charge in [-0.1, -0.05) is 0 Å². The van der Waals surface area contributed by atoms with Crippen LogP contribution in [0.4, 0.5) is 4.79 Å². The fraction of sp³-hybridized carbons (Fsp3) is 0.706. The first-order valence-electron chi connectivity index (χ1n) is 8.07. The monoisotopic (exact) mass is 326 g/mol. The van der Waals surface area contributed by atoms with Crippen molar-refractivity contribution < 1.29 is 18.7 Å². The molecule has 0 aliphatic carbocycles. The Hall–Kier alpha value is -1.53. The lowest BCUT2D eigenvalue weighted by Gasteiger charge is -2.22. The Bertz CT molecular complexity index is 440. The molecule has 1 aromatic heterocycles. The van der Waals surface area contributed by atoms with Gasteiger partial charge in [0.1, 0.15) is 11.4 Å². The summed E-state index contributed by atoms with van der Waals surface area (Å²) in [7, 11) is 1.69. The number of furan rings is 1. The van der Waals surface area contributed by atoms with Crippen molar-refractivity contribution >= 4 is 6.09 Å². The predicted molar refractivity (Wildman–Crippen MR) is 89.4 cm³/mol. The molecule has 1 unspecified atom stereocenters. The second kappa shape index (κ2) is 9.57. The number of hydrogen-bond donors (Lipinski definition) is 2. The largest absolute Gasteiger partial charge is 0.468 e. The normalized spacial score (nSPS) is 14.3. The fourth-order valence-electron chi connectivity index (χ4n) is 2.24. The van der Waals surface area contributed by atoms with E-state index < -0.39 is 5.60 Å². The molecule has 0 radical (unpaired) electrons. The quantitative estimate of drug-likeness (QED) is 0.682.